The van der Waals surface area contributed by atoms with E-state index in [0.29, 0.717) is 10.8 Å². The fourth-order valence-corrected chi connectivity index (χ4v) is 3.48. The maximum absolute atomic E-state index is 13.1. The average Bonchev–Trinajstić information content (AvgIpc) is 3.03. The topological polar surface area (TPSA) is 55.6 Å². The first kappa shape index (κ1) is 17.7. The van der Waals surface area contributed by atoms with Gasteiger partial charge in [-0.15, -0.1) is 0 Å². The highest BCUT2D eigenvalue weighted by atomic mass is 35.5. The number of hydrogen-bond acceptors (Lipinski definition) is 3. The number of rotatable bonds is 6. The van der Waals surface area contributed by atoms with Crippen LogP contribution in [0.2, 0.25) is 5.02 Å². The van der Waals surface area contributed by atoms with Gasteiger partial charge in [0.15, 0.2) is 6.61 Å². The van der Waals surface area contributed by atoms with Gasteiger partial charge in [0, 0.05) is 12.6 Å². The second-order valence-electron chi connectivity index (χ2n) is 6.20. The fourth-order valence-electron chi connectivity index (χ4n) is 3.22. The van der Waals surface area contributed by atoms with Crippen LogP contribution in [0.4, 0.5) is 4.39 Å². The van der Waals surface area contributed by atoms with Crippen LogP contribution >= 0.6 is 11.6 Å². The van der Waals surface area contributed by atoms with E-state index >= 15 is 0 Å². The van der Waals surface area contributed by atoms with E-state index in [1.807, 2.05) is 24.3 Å². The van der Waals surface area contributed by atoms with Crippen LogP contribution in [0.15, 0.2) is 42.5 Å². The first-order valence-corrected chi connectivity index (χ1v) is 8.60. The predicted octanol–water partition coefficient (Wildman–Crippen LogP) is 3.68. The molecule has 1 aliphatic rings. The molecule has 25 heavy (non-hydrogen) atoms. The number of nitrogens with zero attached hydrogens (tertiary/aromatic N) is 1. The normalized spacial score (nSPS) is 17.6. The van der Waals surface area contributed by atoms with Crippen molar-refractivity contribution in [2.45, 2.75) is 25.4 Å². The van der Waals surface area contributed by atoms with E-state index < -0.39 is 5.91 Å². The lowest BCUT2D eigenvalue weighted by Crippen LogP contribution is -2.23. The van der Waals surface area contributed by atoms with Gasteiger partial charge in [0.2, 0.25) is 0 Å². The molecule has 1 atom stereocenters. The van der Waals surface area contributed by atoms with Gasteiger partial charge in [-0.1, -0.05) is 29.8 Å². The Bertz CT molecular complexity index is 752. The summed E-state index contributed by atoms with van der Waals surface area (Å²) >= 11 is 6.23. The molecular weight excluding hydrogens is 343 g/mol. The summed E-state index contributed by atoms with van der Waals surface area (Å²) in [5.41, 5.74) is 7.26. The maximum Gasteiger partial charge on any atom is 0.255 e. The Labute approximate surface area is 151 Å². The van der Waals surface area contributed by atoms with Gasteiger partial charge in [0.25, 0.3) is 5.91 Å². The molecule has 3 rings (SSSR count). The number of carbonyl (C=O) groups excluding carboxylic acids is 1. The first-order chi connectivity index (χ1) is 12.0. The summed E-state index contributed by atoms with van der Waals surface area (Å²) in [5, 5.41) is 0.455. The molecule has 0 unspecified atom stereocenters. The third-order valence-corrected chi connectivity index (χ3v) is 4.67. The van der Waals surface area contributed by atoms with Crippen LogP contribution in [0.1, 0.15) is 30.0 Å². The molecule has 132 valence electrons. The highest BCUT2D eigenvalue weighted by molar-refractivity contribution is 6.32. The van der Waals surface area contributed by atoms with E-state index in [2.05, 4.69) is 4.90 Å². The van der Waals surface area contributed by atoms with Gasteiger partial charge < -0.3 is 10.5 Å². The third kappa shape index (κ3) is 4.50. The molecule has 4 nitrogen and oxygen atoms in total. The highest BCUT2D eigenvalue weighted by Gasteiger charge is 2.26. The molecule has 1 aliphatic heterocycles. The molecule has 1 fully saturated rings. The van der Waals surface area contributed by atoms with E-state index in [4.69, 9.17) is 22.1 Å². The molecular formula is C19H20ClFN2O2. The predicted molar refractivity (Wildman–Crippen MR) is 94.9 cm³/mol. The number of ether oxygens (including phenoxy) is 1. The van der Waals surface area contributed by atoms with Crippen LogP contribution in [-0.4, -0.2) is 24.0 Å². The Kier molecular flexibility index (Phi) is 5.56. The Morgan fingerprint density at radius 3 is 2.72 bits per heavy atom. The van der Waals surface area contributed by atoms with Crippen LogP contribution in [0.25, 0.3) is 0 Å². The van der Waals surface area contributed by atoms with Gasteiger partial charge in [-0.25, -0.2) is 4.39 Å². The SMILES string of the molecule is NC(=O)COc1ccc(CN2CCC[C@@H]2c2ccc(F)cc2)cc1Cl. The Morgan fingerprint density at radius 2 is 2.04 bits per heavy atom. The van der Waals surface area contributed by atoms with Crippen LogP contribution in [0.5, 0.6) is 5.75 Å². The van der Waals surface area contributed by atoms with Crippen LogP contribution in [0, 0.1) is 5.82 Å². The van der Waals surface area contributed by atoms with Gasteiger partial charge in [0.1, 0.15) is 11.6 Å². The molecule has 2 N–H and O–H groups in total. The van der Waals surface area contributed by atoms with Crippen molar-refractivity contribution < 1.29 is 13.9 Å². The third-order valence-electron chi connectivity index (χ3n) is 4.37. The quantitative estimate of drug-likeness (QED) is 0.852. The molecule has 6 heteroatoms. The van der Waals surface area contributed by atoms with Crippen LogP contribution in [0.3, 0.4) is 0 Å². The summed E-state index contributed by atoms with van der Waals surface area (Å²) < 4.78 is 18.4. The largest absolute Gasteiger partial charge is 0.482 e. The maximum atomic E-state index is 13.1. The first-order valence-electron chi connectivity index (χ1n) is 8.22. The van der Waals surface area contributed by atoms with E-state index in [1.54, 1.807) is 6.07 Å². The van der Waals surface area contributed by atoms with Crippen molar-refractivity contribution in [3.8, 4) is 5.75 Å². The highest BCUT2D eigenvalue weighted by Crippen LogP contribution is 2.34. The average molecular weight is 363 g/mol. The Balaban J connectivity index is 1.69. The van der Waals surface area contributed by atoms with E-state index in [-0.39, 0.29) is 18.5 Å². The molecule has 2 aromatic carbocycles. The lowest BCUT2D eigenvalue weighted by Gasteiger charge is -2.25. The Morgan fingerprint density at radius 1 is 1.28 bits per heavy atom. The molecule has 0 spiro atoms. The zero-order valence-corrected chi connectivity index (χ0v) is 14.5. The van der Waals surface area contributed by atoms with Crippen molar-refractivity contribution in [3.63, 3.8) is 0 Å². The number of hydrogen-bond donors (Lipinski definition) is 1. The minimum atomic E-state index is -0.542. The van der Waals surface area contributed by atoms with Crippen LogP contribution < -0.4 is 10.5 Å². The fraction of sp³-hybridized carbons (Fsp3) is 0.316. The number of amides is 1. The standard InChI is InChI=1S/C19H20ClFN2O2/c20-16-10-13(3-8-18(16)25-12-19(22)24)11-23-9-1-2-17(23)14-4-6-15(21)7-5-14/h3-8,10,17H,1-2,9,11-12H2,(H2,22,24)/t17-/m1/s1. The zero-order valence-electron chi connectivity index (χ0n) is 13.8. The van der Waals surface area contributed by atoms with Crippen molar-refractivity contribution in [1.82, 2.24) is 4.90 Å². The minimum Gasteiger partial charge on any atom is -0.482 e. The van der Waals surface area contributed by atoms with Gasteiger partial charge in [-0.3, -0.25) is 9.69 Å². The number of primary amides is 1. The van der Waals surface area contributed by atoms with Crippen molar-refractivity contribution >= 4 is 17.5 Å². The summed E-state index contributed by atoms with van der Waals surface area (Å²) in [6, 6.07) is 12.5. The van der Waals surface area contributed by atoms with Gasteiger partial charge in [0.05, 0.1) is 5.02 Å². The van der Waals surface area contributed by atoms with Crippen molar-refractivity contribution in [2.24, 2.45) is 5.73 Å². The number of benzene rings is 2. The van der Waals surface area contributed by atoms with E-state index in [9.17, 15) is 9.18 Å². The zero-order chi connectivity index (χ0) is 17.8. The molecule has 0 aromatic heterocycles. The summed E-state index contributed by atoms with van der Waals surface area (Å²) in [5.74, 6) is -0.313. The molecule has 1 amide bonds. The molecule has 0 bridgehead atoms. The van der Waals surface area contributed by atoms with E-state index in [0.717, 1.165) is 37.1 Å². The molecule has 1 saturated heterocycles. The van der Waals surface area contributed by atoms with Crippen molar-refractivity contribution in [3.05, 3.63) is 64.4 Å². The molecule has 0 aliphatic carbocycles. The van der Waals surface area contributed by atoms with Crippen molar-refractivity contribution in [2.75, 3.05) is 13.2 Å². The molecule has 2 aromatic rings. The van der Waals surface area contributed by atoms with Crippen LogP contribution in [-0.2, 0) is 11.3 Å². The number of halogens is 2. The number of likely N-dealkylation sites (tertiary alicyclic amines) is 1. The Hall–Kier alpha value is -2.11. The van der Waals surface area contributed by atoms with Gasteiger partial charge in [-0.05, 0) is 54.8 Å². The van der Waals surface area contributed by atoms with Crippen molar-refractivity contribution in [1.29, 1.82) is 0 Å². The van der Waals surface area contributed by atoms with Gasteiger partial charge >= 0.3 is 0 Å². The summed E-state index contributed by atoms with van der Waals surface area (Å²) in [4.78, 5) is 13.2. The number of nitrogens with two attached hydrogens (primary N) is 1. The molecule has 0 saturated carbocycles. The second-order valence-corrected chi connectivity index (χ2v) is 6.61. The monoisotopic (exact) mass is 362 g/mol. The summed E-state index contributed by atoms with van der Waals surface area (Å²) in [6.07, 6.45) is 2.16. The molecule has 1 heterocycles. The smallest absolute Gasteiger partial charge is 0.255 e. The summed E-state index contributed by atoms with van der Waals surface area (Å²) in [7, 11) is 0. The lowest BCUT2D eigenvalue weighted by molar-refractivity contribution is -0.119. The summed E-state index contributed by atoms with van der Waals surface area (Å²) in [6.45, 7) is 1.54. The lowest BCUT2D eigenvalue weighted by atomic mass is 10.0. The molecule has 0 radical (unpaired) electrons. The van der Waals surface area contributed by atoms with Gasteiger partial charge in [-0.2, -0.15) is 0 Å². The second kappa shape index (κ2) is 7.85. The minimum absolute atomic E-state index is 0.197. The number of carbonyl (C=O) groups is 1. The van der Waals surface area contributed by atoms with E-state index in [1.165, 1.54) is 12.1 Å².